The van der Waals surface area contributed by atoms with E-state index in [-0.39, 0.29) is 0 Å². The van der Waals surface area contributed by atoms with Gasteiger partial charge in [0.05, 0.1) is 27.3 Å². The molecule has 2 heterocycles. The largest absolute Gasteiger partial charge is 0.493 e. The predicted octanol–water partition coefficient (Wildman–Crippen LogP) is -0.499. The minimum Gasteiger partial charge on any atom is -0.493 e. The lowest BCUT2D eigenvalue weighted by Gasteiger charge is -2.29. The van der Waals surface area contributed by atoms with Crippen molar-refractivity contribution in [2.75, 3.05) is 33.9 Å². The maximum absolute atomic E-state index is 5.47. The van der Waals surface area contributed by atoms with Gasteiger partial charge in [0.15, 0.2) is 17.5 Å². The van der Waals surface area contributed by atoms with Crippen LogP contribution in [0.3, 0.4) is 0 Å². The van der Waals surface area contributed by atoms with E-state index in [1.54, 1.807) is 19.1 Å². The second-order valence-corrected chi connectivity index (χ2v) is 5.55. The summed E-state index contributed by atoms with van der Waals surface area (Å²) in [6, 6.07) is 4.98. The zero-order valence-electron chi connectivity index (χ0n) is 11.9. The molecule has 1 aromatic carbocycles. The van der Waals surface area contributed by atoms with E-state index in [0.717, 1.165) is 18.0 Å². The normalized spacial score (nSPS) is 23.2. The van der Waals surface area contributed by atoms with Crippen molar-refractivity contribution in [3.8, 4) is 11.5 Å². The molecule has 0 aromatic heterocycles. The van der Waals surface area contributed by atoms with Crippen LogP contribution in [0.2, 0.25) is 0 Å². The Labute approximate surface area is 114 Å². The Balaban J connectivity index is 1.98. The molecule has 2 aliphatic heterocycles. The summed E-state index contributed by atoms with van der Waals surface area (Å²) in [6.45, 7) is 4.87. The quantitative estimate of drug-likeness (QED) is 0.773. The fraction of sp³-hybridized carbons (Fsp3) is 0.600. The van der Waals surface area contributed by atoms with Gasteiger partial charge in [-0.1, -0.05) is 0 Å². The Morgan fingerprint density at radius 3 is 2.47 bits per heavy atom. The van der Waals surface area contributed by atoms with Crippen molar-refractivity contribution in [1.82, 2.24) is 0 Å². The lowest BCUT2D eigenvalue weighted by molar-refractivity contribution is -0.937. The maximum atomic E-state index is 5.47. The Hall–Kier alpha value is -1.26. The van der Waals surface area contributed by atoms with Crippen molar-refractivity contribution in [3.05, 3.63) is 23.3 Å². The summed E-state index contributed by atoms with van der Waals surface area (Å²) in [5, 5.41) is 2.42. The SMILES string of the molecule is COc1cc2c(cc1OC)[C@H]([NH+]1CCCC1)C[NH2+]C2. The van der Waals surface area contributed by atoms with Gasteiger partial charge < -0.3 is 19.7 Å². The van der Waals surface area contributed by atoms with Gasteiger partial charge in [0.2, 0.25) is 0 Å². The molecular formula is C15H24N2O2+2. The number of hydrogen-bond donors (Lipinski definition) is 2. The summed E-state index contributed by atoms with van der Waals surface area (Å²) >= 11 is 0. The van der Waals surface area contributed by atoms with E-state index in [2.05, 4.69) is 17.4 Å². The van der Waals surface area contributed by atoms with Gasteiger partial charge in [-0.2, -0.15) is 0 Å². The van der Waals surface area contributed by atoms with E-state index >= 15 is 0 Å². The molecule has 104 valence electrons. The first-order valence-electron chi connectivity index (χ1n) is 7.24. The minimum atomic E-state index is 0.617. The number of nitrogens with two attached hydrogens (primary N) is 1. The highest BCUT2D eigenvalue weighted by molar-refractivity contribution is 5.48. The number of likely N-dealkylation sites (tertiary alicyclic amines) is 1. The Kier molecular flexibility index (Phi) is 3.62. The highest BCUT2D eigenvalue weighted by atomic mass is 16.5. The monoisotopic (exact) mass is 264 g/mol. The van der Waals surface area contributed by atoms with E-state index in [0.29, 0.717) is 6.04 Å². The third-order valence-corrected chi connectivity index (χ3v) is 4.53. The van der Waals surface area contributed by atoms with Crippen LogP contribution in [0.5, 0.6) is 11.5 Å². The zero-order chi connectivity index (χ0) is 13.2. The van der Waals surface area contributed by atoms with Gasteiger partial charge in [0, 0.05) is 24.0 Å². The molecule has 0 unspecified atom stereocenters. The molecule has 1 aromatic rings. The molecular weight excluding hydrogens is 240 g/mol. The van der Waals surface area contributed by atoms with Crippen LogP contribution in [0.4, 0.5) is 0 Å². The van der Waals surface area contributed by atoms with Crippen molar-refractivity contribution in [3.63, 3.8) is 0 Å². The zero-order valence-corrected chi connectivity index (χ0v) is 11.9. The van der Waals surface area contributed by atoms with Crippen LogP contribution in [-0.4, -0.2) is 33.9 Å². The summed E-state index contributed by atoms with van der Waals surface area (Å²) in [5.74, 6) is 1.72. The van der Waals surface area contributed by atoms with Crippen LogP contribution in [0.25, 0.3) is 0 Å². The molecule has 1 saturated heterocycles. The minimum absolute atomic E-state index is 0.617. The van der Waals surface area contributed by atoms with E-state index in [1.165, 1.54) is 43.6 Å². The molecule has 2 aliphatic rings. The van der Waals surface area contributed by atoms with Gasteiger partial charge in [-0.15, -0.1) is 0 Å². The number of rotatable bonds is 3. The molecule has 0 spiro atoms. The molecule has 4 heteroatoms. The number of benzene rings is 1. The van der Waals surface area contributed by atoms with Gasteiger partial charge in [0.25, 0.3) is 0 Å². The van der Waals surface area contributed by atoms with Gasteiger partial charge in [-0.05, 0) is 12.1 Å². The first kappa shape index (κ1) is 12.8. The number of nitrogens with one attached hydrogen (secondary N) is 1. The highest BCUT2D eigenvalue weighted by Gasteiger charge is 2.34. The van der Waals surface area contributed by atoms with E-state index in [4.69, 9.17) is 9.47 Å². The van der Waals surface area contributed by atoms with Gasteiger partial charge in [-0.25, -0.2) is 0 Å². The molecule has 1 atom stereocenters. The fourth-order valence-electron chi connectivity index (χ4n) is 3.53. The first-order valence-corrected chi connectivity index (χ1v) is 7.24. The number of ether oxygens (including phenoxy) is 2. The second kappa shape index (κ2) is 5.39. The molecule has 3 N–H and O–H groups in total. The third-order valence-electron chi connectivity index (χ3n) is 4.53. The maximum Gasteiger partial charge on any atom is 0.163 e. The van der Waals surface area contributed by atoms with Crippen molar-refractivity contribution in [2.24, 2.45) is 0 Å². The standard InChI is InChI=1S/C15H22N2O2/c1-18-14-7-11-9-16-10-13(17-5-3-4-6-17)12(11)8-15(14)19-2/h7-8,13,16H,3-6,9-10H2,1-2H3/p+2/t13-/m1/s1. The number of quaternary nitrogens is 2. The van der Waals surface area contributed by atoms with Crippen molar-refractivity contribution in [1.29, 1.82) is 0 Å². The van der Waals surface area contributed by atoms with Crippen LogP contribution in [-0.2, 0) is 6.54 Å². The second-order valence-electron chi connectivity index (χ2n) is 5.55. The molecule has 0 radical (unpaired) electrons. The average Bonchev–Trinajstić information content (AvgIpc) is 2.99. The summed E-state index contributed by atoms with van der Waals surface area (Å²) < 4.78 is 10.9. The van der Waals surface area contributed by atoms with Gasteiger partial charge in [0.1, 0.15) is 13.1 Å². The first-order chi connectivity index (χ1) is 9.33. The third kappa shape index (κ3) is 2.30. The summed E-state index contributed by atoms with van der Waals surface area (Å²) in [5.41, 5.74) is 2.88. The smallest absolute Gasteiger partial charge is 0.163 e. The molecule has 4 nitrogen and oxygen atoms in total. The molecule has 1 fully saturated rings. The topological polar surface area (TPSA) is 39.5 Å². The number of methoxy groups -OCH3 is 2. The lowest BCUT2D eigenvalue weighted by Crippen LogP contribution is -3.13. The van der Waals surface area contributed by atoms with Crippen molar-refractivity contribution in [2.45, 2.75) is 25.4 Å². The summed E-state index contributed by atoms with van der Waals surface area (Å²) in [7, 11) is 3.43. The van der Waals surface area contributed by atoms with Crippen LogP contribution < -0.4 is 19.7 Å². The average molecular weight is 264 g/mol. The van der Waals surface area contributed by atoms with Crippen LogP contribution in [0.15, 0.2) is 12.1 Å². The summed E-state index contributed by atoms with van der Waals surface area (Å²) in [4.78, 5) is 1.74. The Morgan fingerprint density at radius 2 is 1.79 bits per heavy atom. The molecule has 0 amide bonds. The van der Waals surface area contributed by atoms with Gasteiger partial charge in [-0.3, -0.25) is 0 Å². The van der Waals surface area contributed by atoms with Crippen molar-refractivity contribution >= 4 is 0 Å². The lowest BCUT2D eigenvalue weighted by atomic mass is 9.95. The fourth-order valence-corrected chi connectivity index (χ4v) is 3.53. The van der Waals surface area contributed by atoms with Gasteiger partial charge >= 0.3 is 0 Å². The molecule has 19 heavy (non-hydrogen) atoms. The molecule has 3 rings (SSSR count). The molecule has 0 saturated carbocycles. The predicted molar refractivity (Wildman–Crippen MR) is 72.7 cm³/mol. The van der Waals surface area contributed by atoms with E-state index < -0.39 is 0 Å². The van der Waals surface area contributed by atoms with Crippen molar-refractivity contribution < 1.29 is 19.7 Å². The number of fused-ring (bicyclic) bond motifs is 1. The molecule has 0 aliphatic carbocycles. The highest BCUT2D eigenvalue weighted by Crippen LogP contribution is 2.33. The molecule has 0 bridgehead atoms. The van der Waals surface area contributed by atoms with Crippen LogP contribution in [0.1, 0.15) is 30.0 Å². The Bertz CT molecular complexity index is 456. The van der Waals surface area contributed by atoms with E-state index in [1.807, 2.05) is 0 Å². The number of hydrogen-bond acceptors (Lipinski definition) is 2. The van der Waals surface area contributed by atoms with Crippen LogP contribution >= 0.6 is 0 Å². The van der Waals surface area contributed by atoms with Crippen LogP contribution in [0, 0.1) is 0 Å². The van der Waals surface area contributed by atoms with E-state index in [9.17, 15) is 0 Å². The summed E-state index contributed by atoms with van der Waals surface area (Å²) in [6.07, 6.45) is 2.74. The Morgan fingerprint density at radius 1 is 1.11 bits per heavy atom.